The van der Waals surface area contributed by atoms with Crippen molar-refractivity contribution in [2.45, 2.75) is 65.6 Å². The van der Waals surface area contributed by atoms with Crippen molar-refractivity contribution in [2.24, 2.45) is 0 Å². The molecule has 0 saturated heterocycles. The number of esters is 1. The lowest BCUT2D eigenvalue weighted by atomic mass is 10.0. The number of nitrogens with zero attached hydrogens (tertiary/aromatic N) is 1. The Kier molecular flexibility index (Phi) is 11.4. The molecule has 8 nitrogen and oxygen atoms in total. The van der Waals surface area contributed by atoms with Gasteiger partial charge in [-0.25, -0.2) is 0 Å². The molecule has 36 heavy (non-hydrogen) atoms. The summed E-state index contributed by atoms with van der Waals surface area (Å²) >= 11 is 0. The maximum absolute atomic E-state index is 13.4. The highest BCUT2D eigenvalue weighted by molar-refractivity contribution is 5.97. The van der Waals surface area contributed by atoms with Crippen molar-refractivity contribution in [1.82, 2.24) is 10.2 Å². The largest absolute Gasteiger partial charge is 0.493 e. The van der Waals surface area contributed by atoms with E-state index in [2.05, 4.69) is 5.32 Å². The quantitative estimate of drug-likeness (QED) is 0.421. The van der Waals surface area contributed by atoms with Crippen LogP contribution in [0.2, 0.25) is 0 Å². The van der Waals surface area contributed by atoms with E-state index >= 15 is 0 Å². The van der Waals surface area contributed by atoms with Gasteiger partial charge in [-0.3, -0.25) is 24.6 Å². The number of hydrogen-bond acceptors (Lipinski definition) is 7. The summed E-state index contributed by atoms with van der Waals surface area (Å²) in [5.74, 6) is -0.119. The van der Waals surface area contributed by atoms with Crippen LogP contribution >= 0.6 is 0 Å². The van der Waals surface area contributed by atoms with Gasteiger partial charge in [0.2, 0.25) is 11.8 Å². The van der Waals surface area contributed by atoms with Crippen LogP contribution in [0, 0.1) is 0 Å². The van der Waals surface area contributed by atoms with Crippen LogP contribution in [0.25, 0.3) is 0 Å². The molecule has 0 aliphatic rings. The summed E-state index contributed by atoms with van der Waals surface area (Å²) in [6, 6.07) is 12.0. The molecule has 1 N–H and O–H groups in total. The smallest absolute Gasteiger partial charge is 0.323 e. The average molecular weight is 499 g/mol. The van der Waals surface area contributed by atoms with Gasteiger partial charge >= 0.3 is 5.97 Å². The van der Waals surface area contributed by atoms with Crippen molar-refractivity contribution in [3.63, 3.8) is 0 Å². The first-order chi connectivity index (χ1) is 17.2. The van der Waals surface area contributed by atoms with E-state index in [0.29, 0.717) is 30.8 Å². The molecule has 0 aliphatic carbocycles. The summed E-state index contributed by atoms with van der Waals surface area (Å²) in [7, 11) is 3.10. The maximum atomic E-state index is 13.4. The molecular weight excluding hydrogens is 460 g/mol. The third kappa shape index (κ3) is 7.81. The Bertz CT molecular complexity index is 1020. The van der Waals surface area contributed by atoms with E-state index in [9.17, 15) is 14.4 Å². The second kappa shape index (κ2) is 14.2. The average Bonchev–Trinajstić information content (AvgIpc) is 2.88. The molecule has 0 aromatic heterocycles. The molecule has 196 valence electrons. The standard InChI is InChI=1S/C28H38N2O6/c1-7-22-16-25(34-5)26(35-6)17-23(22)18-30(20(4)31)27(32)19(3)29-24(28(33)36-8-2)15-14-21-12-10-9-11-13-21/h9-13,16-17,19,24,29H,7-8,14-15,18H2,1-6H3. The third-order valence-corrected chi connectivity index (χ3v) is 6.02. The van der Waals surface area contributed by atoms with Gasteiger partial charge in [-0.15, -0.1) is 0 Å². The molecule has 2 aromatic carbocycles. The number of rotatable bonds is 13. The molecule has 2 atom stereocenters. The van der Waals surface area contributed by atoms with Crippen molar-refractivity contribution in [3.8, 4) is 11.5 Å². The molecule has 0 radical (unpaired) electrons. The SMILES string of the molecule is CCOC(=O)C(CCc1ccccc1)NC(C)C(=O)N(Cc1cc(OC)c(OC)cc1CC)C(C)=O. The molecule has 2 unspecified atom stereocenters. The summed E-state index contributed by atoms with van der Waals surface area (Å²) in [6.07, 6.45) is 1.78. The van der Waals surface area contributed by atoms with Crippen LogP contribution < -0.4 is 14.8 Å². The Balaban J connectivity index is 2.22. The first-order valence-electron chi connectivity index (χ1n) is 12.3. The van der Waals surface area contributed by atoms with Crippen LogP contribution in [0.4, 0.5) is 0 Å². The lowest BCUT2D eigenvalue weighted by Crippen LogP contribution is -2.52. The Morgan fingerprint density at radius 2 is 1.58 bits per heavy atom. The van der Waals surface area contributed by atoms with Crippen LogP contribution in [-0.2, 0) is 38.5 Å². The minimum absolute atomic E-state index is 0.0812. The minimum atomic E-state index is -0.788. The molecule has 0 spiro atoms. The van der Waals surface area contributed by atoms with Crippen molar-refractivity contribution < 1.29 is 28.6 Å². The molecule has 0 saturated carbocycles. The molecule has 2 rings (SSSR count). The first-order valence-corrected chi connectivity index (χ1v) is 12.3. The van der Waals surface area contributed by atoms with Crippen LogP contribution in [0.5, 0.6) is 11.5 Å². The van der Waals surface area contributed by atoms with Gasteiger partial charge in [0.1, 0.15) is 6.04 Å². The van der Waals surface area contributed by atoms with Crippen LogP contribution in [0.3, 0.4) is 0 Å². The van der Waals surface area contributed by atoms with Gasteiger partial charge in [0.05, 0.1) is 33.4 Å². The van der Waals surface area contributed by atoms with Crippen LogP contribution in [0.15, 0.2) is 42.5 Å². The number of carbonyl (C=O) groups excluding carboxylic acids is 3. The Labute approximate surface area is 213 Å². The topological polar surface area (TPSA) is 94.2 Å². The Morgan fingerprint density at radius 1 is 0.972 bits per heavy atom. The number of benzene rings is 2. The molecule has 0 aliphatic heterocycles. The number of aryl methyl sites for hydroxylation is 2. The highest BCUT2D eigenvalue weighted by atomic mass is 16.5. The molecule has 2 aromatic rings. The fraction of sp³-hybridized carbons (Fsp3) is 0.464. The van der Waals surface area contributed by atoms with Gasteiger partial charge in [0.25, 0.3) is 0 Å². The lowest BCUT2D eigenvalue weighted by Gasteiger charge is -2.27. The summed E-state index contributed by atoms with van der Waals surface area (Å²) in [5.41, 5.74) is 2.81. The van der Waals surface area contributed by atoms with E-state index in [1.165, 1.54) is 18.9 Å². The summed E-state index contributed by atoms with van der Waals surface area (Å²) < 4.78 is 16.0. The second-order valence-electron chi connectivity index (χ2n) is 8.49. The predicted octanol–water partition coefficient (Wildman–Crippen LogP) is 3.68. The number of ether oxygens (including phenoxy) is 3. The van der Waals surface area contributed by atoms with Gasteiger partial charge in [0, 0.05) is 6.92 Å². The number of hydrogen-bond donors (Lipinski definition) is 1. The monoisotopic (exact) mass is 498 g/mol. The van der Waals surface area contributed by atoms with Gasteiger partial charge < -0.3 is 14.2 Å². The highest BCUT2D eigenvalue weighted by Crippen LogP contribution is 2.31. The Morgan fingerprint density at radius 3 is 2.11 bits per heavy atom. The van der Waals surface area contributed by atoms with E-state index < -0.39 is 24.0 Å². The minimum Gasteiger partial charge on any atom is -0.493 e. The van der Waals surface area contributed by atoms with Crippen LogP contribution in [-0.4, -0.2) is 55.6 Å². The second-order valence-corrected chi connectivity index (χ2v) is 8.49. The van der Waals surface area contributed by atoms with E-state index in [0.717, 1.165) is 16.7 Å². The van der Waals surface area contributed by atoms with Gasteiger partial charge in [-0.2, -0.15) is 0 Å². The van der Waals surface area contributed by atoms with E-state index in [1.807, 2.05) is 43.3 Å². The van der Waals surface area contributed by atoms with Crippen LogP contribution in [0.1, 0.15) is 50.8 Å². The van der Waals surface area contributed by atoms with Crippen molar-refractivity contribution in [2.75, 3.05) is 20.8 Å². The maximum Gasteiger partial charge on any atom is 0.323 e. The zero-order valence-electron chi connectivity index (χ0n) is 22.1. The number of methoxy groups -OCH3 is 2. The highest BCUT2D eigenvalue weighted by Gasteiger charge is 2.29. The molecule has 8 heteroatoms. The number of amides is 2. The first kappa shape index (κ1) is 28.8. The fourth-order valence-electron chi connectivity index (χ4n) is 4.03. The number of imide groups is 1. The summed E-state index contributed by atoms with van der Waals surface area (Å²) in [6.45, 7) is 7.07. The van der Waals surface area contributed by atoms with Crippen molar-refractivity contribution in [1.29, 1.82) is 0 Å². The summed E-state index contributed by atoms with van der Waals surface area (Å²) in [5, 5.41) is 3.10. The number of carbonyl (C=O) groups is 3. The molecular formula is C28H38N2O6. The third-order valence-electron chi connectivity index (χ3n) is 6.02. The molecule has 0 heterocycles. The molecule has 0 bridgehead atoms. The molecule has 2 amide bonds. The fourth-order valence-corrected chi connectivity index (χ4v) is 4.03. The zero-order valence-corrected chi connectivity index (χ0v) is 22.1. The number of nitrogens with one attached hydrogen (secondary N) is 1. The van der Waals surface area contributed by atoms with Gasteiger partial charge in [-0.05, 0) is 61.9 Å². The Hall–Kier alpha value is -3.39. The summed E-state index contributed by atoms with van der Waals surface area (Å²) in [4.78, 5) is 39.7. The van der Waals surface area contributed by atoms with E-state index in [4.69, 9.17) is 14.2 Å². The normalized spacial score (nSPS) is 12.4. The van der Waals surface area contributed by atoms with Crippen molar-refractivity contribution >= 4 is 17.8 Å². The molecule has 0 fully saturated rings. The van der Waals surface area contributed by atoms with E-state index in [-0.39, 0.29) is 19.1 Å². The van der Waals surface area contributed by atoms with Gasteiger partial charge in [-0.1, -0.05) is 37.3 Å². The lowest BCUT2D eigenvalue weighted by molar-refractivity contribution is -0.147. The predicted molar refractivity (Wildman–Crippen MR) is 138 cm³/mol. The van der Waals surface area contributed by atoms with Gasteiger partial charge in [0.15, 0.2) is 11.5 Å². The van der Waals surface area contributed by atoms with E-state index in [1.54, 1.807) is 27.0 Å². The van der Waals surface area contributed by atoms with Crippen molar-refractivity contribution in [3.05, 3.63) is 59.2 Å². The zero-order chi connectivity index (χ0) is 26.7.